The van der Waals surface area contributed by atoms with Crippen LogP contribution in [0.2, 0.25) is 0 Å². The van der Waals surface area contributed by atoms with Gasteiger partial charge in [-0.15, -0.1) is 0 Å². The maximum absolute atomic E-state index is 13.5. The van der Waals surface area contributed by atoms with E-state index in [-0.39, 0.29) is 11.3 Å². The quantitative estimate of drug-likeness (QED) is 0.365. The fraction of sp³-hybridized carbons (Fsp3) is 0.120. The van der Waals surface area contributed by atoms with E-state index < -0.39 is 23.5 Å². The van der Waals surface area contributed by atoms with Gasteiger partial charge >= 0.3 is 0 Å². The maximum atomic E-state index is 13.5. The highest BCUT2D eigenvalue weighted by Crippen LogP contribution is 2.45. The topological polar surface area (TPSA) is 76.1 Å². The molecule has 0 aromatic heterocycles. The van der Waals surface area contributed by atoms with Gasteiger partial charge in [0.25, 0.3) is 11.7 Å². The first-order valence-electron chi connectivity index (χ1n) is 9.80. The Morgan fingerprint density at radius 3 is 2.25 bits per heavy atom. The smallest absolute Gasteiger partial charge is 0.300 e. The minimum atomic E-state index is -0.999. The van der Waals surface area contributed by atoms with Gasteiger partial charge in [0.15, 0.2) is 0 Å². The molecule has 1 fully saturated rings. The SMILES string of the molecule is COc1ccc(C2/C(=C(/O)c3ccccc3)C(=O)C(=O)N2c2ccc(F)cc2)c(OC)c1. The summed E-state index contributed by atoms with van der Waals surface area (Å²) in [5.74, 6) is -1.59. The Hall–Kier alpha value is -4.13. The summed E-state index contributed by atoms with van der Waals surface area (Å²) in [6.45, 7) is 0. The van der Waals surface area contributed by atoms with Gasteiger partial charge in [-0.05, 0) is 36.4 Å². The van der Waals surface area contributed by atoms with Crippen LogP contribution < -0.4 is 14.4 Å². The van der Waals surface area contributed by atoms with E-state index in [2.05, 4.69) is 0 Å². The third-order valence-electron chi connectivity index (χ3n) is 5.33. The zero-order valence-electron chi connectivity index (χ0n) is 17.4. The number of amides is 1. The summed E-state index contributed by atoms with van der Waals surface area (Å²) in [6, 6.07) is 17.7. The highest BCUT2D eigenvalue weighted by Gasteiger charge is 2.48. The number of carbonyl (C=O) groups excluding carboxylic acids is 2. The van der Waals surface area contributed by atoms with Crippen LogP contribution in [0.3, 0.4) is 0 Å². The molecule has 0 spiro atoms. The molecular formula is C25H20FNO5. The van der Waals surface area contributed by atoms with Gasteiger partial charge in [0.2, 0.25) is 0 Å². The first-order chi connectivity index (χ1) is 15.5. The molecule has 162 valence electrons. The van der Waals surface area contributed by atoms with Gasteiger partial charge in [0.1, 0.15) is 23.1 Å². The zero-order valence-corrected chi connectivity index (χ0v) is 17.4. The number of Topliss-reactive ketones (excluding diaryl/α,β-unsaturated/α-hetero) is 1. The number of anilines is 1. The van der Waals surface area contributed by atoms with Gasteiger partial charge in [0.05, 0.1) is 25.8 Å². The molecule has 3 aromatic rings. The Balaban J connectivity index is 1.99. The van der Waals surface area contributed by atoms with Gasteiger partial charge in [-0.2, -0.15) is 0 Å². The van der Waals surface area contributed by atoms with Crippen molar-refractivity contribution in [2.75, 3.05) is 19.1 Å². The monoisotopic (exact) mass is 433 g/mol. The molecule has 0 bridgehead atoms. The molecule has 6 nitrogen and oxygen atoms in total. The number of halogens is 1. The summed E-state index contributed by atoms with van der Waals surface area (Å²) in [7, 11) is 2.97. The normalized spacial score (nSPS) is 17.5. The highest BCUT2D eigenvalue weighted by atomic mass is 19.1. The lowest BCUT2D eigenvalue weighted by Crippen LogP contribution is -2.29. The lowest BCUT2D eigenvalue weighted by molar-refractivity contribution is -0.132. The molecule has 0 radical (unpaired) electrons. The standard InChI is InChI=1S/C25H20FNO5/c1-31-18-12-13-19(20(14-18)32-2)22-21(23(28)15-6-4-3-5-7-15)24(29)25(30)27(22)17-10-8-16(26)9-11-17/h3-14,22,28H,1-2H3/b23-21-. The second-order valence-electron chi connectivity index (χ2n) is 7.12. The second kappa shape index (κ2) is 8.55. The van der Waals surface area contributed by atoms with Crippen LogP contribution in [-0.2, 0) is 9.59 Å². The largest absolute Gasteiger partial charge is 0.507 e. The summed E-state index contributed by atoms with van der Waals surface area (Å²) in [5.41, 5.74) is 1.08. The van der Waals surface area contributed by atoms with Crippen molar-refractivity contribution in [3.8, 4) is 11.5 Å². The van der Waals surface area contributed by atoms with E-state index in [9.17, 15) is 19.1 Å². The molecule has 1 heterocycles. The fourth-order valence-electron chi connectivity index (χ4n) is 3.79. The molecule has 4 rings (SSSR count). The summed E-state index contributed by atoms with van der Waals surface area (Å²) in [6.07, 6.45) is 0. The maximum Gasteiger partial charge on any atom is 0.300 e. The molecule has 3 aromatic carbocycles. The number of ether oxygens (including phenoxy) is 2. The van der Waals surface area contributed by atoms with Crippen molar-refractivity contribution in [2.24, 2.45) is 0 Å². The van der Waals surface area contributed by atoms with Gasteiger partial charge in [-0.3, -0.25) is 14.5 Å². The summed E-state index contributed by atoms with van der Waals surface area (Å²) >= 11 is 0. The van der Waals surface area contributed by atoms with Crippen LogP contribution in [0.15, 0.2) is 78.4 Å². The summed E-state index contributed by atoms with van der Waals surface area (Å²) in [4.78, 5) is 27.5. The van der Waals surface area contributed by atoms with Gasteiger partial charge in [0, 0.05) is 22.9 Å². The van der Waals surface area contributed by atoms with E-state index in [0.29, 0.717) is 28.3 Å². The molecule has 1 unspecified atom stereocenters. The Bertz CT molecular complexity index is 1200. The molecule has 1 N–H and O–H groups in total. The minimum absolute atomic E-state index is 0.0889. The van der Waals surface area contributed by atoms with Crippen LogP contribution in [0, 0.1) is 5.82 Å². The number of aliphatic hydroxyl groups is 1. The van der Waals surface area contributed by atoms with Crippen LogP contribution in [-0.4, -0.2) is 31.0 Å². The van der Waals surface area contributed by atoms with Gasteiger partial charge < -0.3 is 14.6 Å². The first-order valence-corrected chi connectivity index (χ1v) is 9.80. The predicted molar refractivity (Wildman–Crippen MR) is 117 cm³/mol. The molecule has 0 aliphatic carbocycles. The van der Waals surface area contributed by atoms with Gasteiger partial charge in [-0.1, -0.05) is 30.3 Å². The van der Waals surface area contributed by atoms with Crippen molar-refractivity contribution in [1.29, 1.82) is 0 Å². The molecule has 1 aliphatic rings. The van der Waals surface area contributed by atoms with Crippen molar-refractivity contribution in [3.63, 3.8) is 0 Å². The number of hydrogen-bond donors (Lipinski definition) is 1. The molecule has 1 saturated heterocycles. The molecular weight excluding hydrogens is 413 g/mol. The van der Waals surface area contributed by atoms with Crippen molar-refractivity contribution in [3.05, 3.63) is 95.3 Å². The third-order valence-corrected chi connectivity index (χ3v) is 5.33. The Kier molecular flexibility index (Phi) is 5.64. The van der Waals surface area contributed by atoms with E-state index in [1.54, 1.807) is 48.5 Å². The lowest BCUT2D eigenvalue weighted by Gasteiger charge is -2.27. The zero-order chi connectivity index (χ0) is 22.8. The minimum Gasteiger partial charge on any atom is -0.507 e. The average molecular weight is 433 g/mol. The second-order valence-corrected chi connectivity index (χ2v) is 7.12. The van der Waals surface area contributed by atoms with Crippen LogP contribution >= 0.6 is 0 Å². The van der Waals surface area contributed by atoms with E-state index in [1.165, 1.54) is 43.4 Å². The number of ketones is 1. The molecule has 1 atom stereocenters. The molecule has 1 aliphatic heterocycles. The van der Waals surface area contributed by atoms with E-state index in [0.717, 1.165) is 0 Å². The Morgan fingerprint density at radius 1 is 0.938 bits per heavy atom. The van der Waals surface area contributed by atoms with Crippen molar-refractivity contribution in [1.82, 2.24) is 0 Å². The van der Waals surface area contributed by atoms with Crippen LogP contribution in [0.1, 0.15) is 17.2 Å². The number of nitrogens with zero attached hydrogens (tertiary/aromatic N) is 1. The molecule has 32 heavy (non-hydrogen) atoms. The van der Waals surface area contributed by atoms with Crippen LogP contribution in [0.5, 0.6) is 11.5 Å². The summed E-state index contributed by atoms with van der Waals surface area (Å²) in [5, 5.41) is 11.1. The lowest BCUT2D eigenvalue weighted by atomic mass is 9.94. The molecule has 0 saturated carbocycles. The van der Waals surface area contributed by atoms with Crippen LogP contribution in [0.25, 0.3) is 5.76 Å². The number of carbonyl (C=O) groups is 2. The number of methoxy groups -OCH3 is 2. The number of hydrogen-bond acceptors (Lipinski definition) is 5. The van der Waals surface area contributed by atoms with Crippen LogP contribution in [0.4, 0.5) is 10.1 Å². The van der Waals surface area contributed by atoms with Crippen molar-refractivity contribution in [2.45, 2.75) is 6.04 Å². The fourth-order valence-corrected chi connectivity index (χ4v) is 3.79. The number of benzene rings is 3. The van der Waals surface area contributed by atoms with Crippen molar-refractivity contribution < 1.29 is 28.6 Å². The third kappa shape index (κ3) is 3.58. The summed E-state index contributed by atoms with van der Waals surface area (Å²) < 4.78 is 24.3. The van der Waals surface area contributed by atoms with E-state index >= 15 is 0 Å². The van der Waals surface area contributed by atoms with Gasteiger partial charge in [-0.25, -0.2) is 4.39 Å². The number of aliphatic hydroxyl groups excluding tert-OH is 1. The van der Waals surface area contributed by atoms with Crippen molar-refractivity contribution >= 4 is 23.1 Å². The molecule has 7 heteroatoms. The van der Waals surface area contributed by atoms with E-state index in [4.69, 9.17) is 9.47 Å². The Morgan fingerprint density at radius 2 is 1.62 bits per heavy atom. The Labute approximate surface area is 184 Å². The number of rotatable bonds is 5. The van der Waals surface area contributed by atoms with E-state index in [1.807, 2.05) is 0 Å². The highest BCUT2D eigenvalue weighted by molar-refractivity contribution is 6.51. The molecule has 1 amide bonds. The first kappa shape index (κ1) is 21.1. The predicted octanol–water partition coefficient (Wildman–Crippen LogP) is 4.47. The average Bonchev–Trinajstić information content (AvgIpc) is 3.09.